The summed E-state index contributed by atoms with van der Waals surface area (Å²) in [6.07, 6.45) is 0.787. The topological polar surface area (TPSA) is 93.1 Å². The van der Waals surface area contributed by atoms with Gasteiger partial charge in [0.05, 0.1) is 6.10 Å². The SMILES string of the molecule is CC(=O)Oc1ccc2c(c1)CCC1C2CC[C@@]2(C)C1[C@@H](O)[C@@H](O)C2OC(C)=O. The third-order valence-electron chi connectivity index (χ3n) is 7.23. The molecule has 2 fully saturated rings. The van der Waals surface area contributed by atoms with Crippen molar-refractivity contribution >= 4 is 11.9 Å². The summed E-state index contributed by atoms with van der Waals surface area (Å²) < 4.78 is 10.7. The third-order valence-corrected chi connectivity index (χ3v) is 7.23. The molecule has 0 bridgehead atoms. The van der Waals surface area contributed by atoms with E-state index in [1.165, 1.54) is 25.0 Å². The Hall–Kier alpha value is -1.92. The average Bonchev–Trinajstić information content (AvgIpc) is 2.81. The molecule has 0 aliphatic heterocycles. The van der Waals surface area contributed by atoms with Crippen LogP contribution >= 0.6 is 0 Å². The van der Waals surface area contributed by atoms with Gasteiger partial charge in [0.25, 0.3) is 0 Å². The maximum absolute atomic E-state index is 11.6. The summed E-state index contributed by atoms with van der Waals surface area (Å²) >= 11 is 0. The molecule has 0 amide bonds. The first-order chi connectivity index (χ1) is 13.2. The second kappa shape index (κ2) is 6.85. The number of esters is 2. The van der Waals surface area contributed by atoms with E-state index in [9.17, 15) is 19.8 Å². The van der Waals surface area contributed by atoms with Gasteiger partial charge in [-0.1, -0.05) is 13.0 Å². The lowest BCUT2D eigenvalue weighted by Crippen LogP contribution is -2.47. The maximum Gasteiger partial charge on any atom is 0.308 e. The molecule has 4 unspecified atom stereocenters. The molecule has 0 heterocycles. The second-order valence-corrected chi connectivity index (χ2v) is 8.84. The lowest BCUT2D eigenvalue weighted by molar-refractivity contribution is -0.161. The van der Waals surface area contributed by atoms with E-state index in [4.69, 9.17) is 9.47 Å². The predicted molar refractivity (Wildman–Crippen MR) is 101 cm³/mol. The number of ether oxygens (including phenoxy) is 2. The Morgan fingerprint density at radius 3 is 2.54 bits per heavy atom. The first kappa shape index (κ1) is 19.4. The van der Waals surface area contributed by atoms with Gasteiger partial charge in [0.15, 0.2) is 0 Å². The van der Waals surface area contributed by atoms with Crippen LogP contribution in [0.3, 0.4) is 0 Å². The van der Waals surface area contributed by atoms with Crippen LogP contribution in [0.2, 0.25) is 0 Å². The Kier molecular flexibility index (Phi) is 4.74. The Balaban J connectivity index is 1.65. The molecule has 28 heavy (non-hydrogen) atoms. The fourth-order valence-electron chi connectivity index (χ4n) is 6.21. The van der Waals surface area contributed by atoms with Crippen LogP contribution in [0, 0.1) is 17.3 Å². The van der Waals surface area contributed by atoms with Crippen molar-refractivity contribution in [1.29, 1.82) is 0 Å². The second-order valence-electron chi connectivity index (χ2n) is 8.84. The van der Waals surface area contributed by atoms with Gasteiger partial charge in [0.2, 0.25) is 0 Å². The zero-order chi connectivity index (χ0) is 20.2. The maximum atomic E-state index is 11.6. The van der Waals surface area contributed by atoms with Crippen LogP contribution in [0.5, 0.6) is 5.75 Å². The monoisotopic (exact) mass is 388 g/mol. The van der Waals surface area contributed by atoms with Gasteiger partial charge in [-0.25, -0.2) is 0 Å². The lowest BCUT2D eigenvalue weighted by atomic mass is 9.55. The normalized spacial score (nSPS) is 38.8. The molecule has 3 aliphatic rings. The van der Waals surface area contributed by atoms with Crippen LogP contribution in [0.4, 0.5) is 0 Å². The molecule has 0 radical (unpaired) electrons. The standard InChI is InChI=1S/C22H28O6/c1-11(23)27-14-5-7-15-13(10-14)4-6-17-16(15)8-9-22(3)18(17)19(25)20(26)21(22)28-12(2)24/h5,7,10,16-21,25-26H,4,6,8-9H2,1-3H3/t16?,17?,18?,19-,20-,21?,22+/m1/s1. The van der Waals surface area contributed by atoms with Gasteiger partial charge in [-0.05, 0) is 66.7 Å². The molecule has 0 aromatic heterocycles. The largest absolute Gasteiger partial charge is 0.459 e. The number of fused-ring (bicyclic) bond motifs is 5. The first-order valence-electron chi connectivity index (χ1n) is 10.1. The summed E-state index contributed by atoms with van der Waals surface area (Å²) in [7, 11) is 0. The Morgan fingerprint density at radius 2 is 1.86 bits per heavy atom. The number of carbonyl (C=O) groups excluding carboxylic acids is 2. The molecular formula is C22H28O6. The molecule has 0 spiro atoms. The molecule has 152 valence electrons. The minimum absolute atomic E-state index is 0.119. The van der Waals surface area contributed by atoms with E-state index < -0.39 is 29.7 Å². The van der Waals surface area contributed by atoms with E-state index >= 15 is 0 Å². The highest BCUT2D eigenvalue weighted by molar-refractivity contribution is 5.69. The molecule has 6 nitrogen and oxygen atoms in total. The summed E-state index contributed by atoms with van der Waals surface area (Å²) in [4.78, 5) is 22.8. The molecule has 7 atom stereocenters. The average molecular weight is 388 g/mol. The number of aliphatic hydroxyl groups is 2. The lowest BCUT2D eigenvalue weighted by Gasteiger charge is -2.50. The van der Waals surface area contributed by atoms with Crippen LogP contribution in [0.1, 0.15) is 57.1 Å². The Morgan fingerprint density at radius 1 is 1.11 bits per heavy atom. The molecule has 4 rings (SSSR count). The van der Waals surface area contributed by atoms with Gasteiger partial charge in [-0.2, -0.15) is 0 Å². The zero-order valence-corrected chi connectivity index (χ0v) is 16.6. The highest BCUT2D eigenvalue weighted by atomic mass is 16.6. The number of hydrogen-bond acceptors (Lipinski definition) is 6. The number of aryl methyl sites for hydroxylation is 1. The number of hydrogen-bond donors (Lipinski definition) is 2. The minimum Gasteiger partial charge on any atom is -0.459 e. The number of aliphatic hydroxyl groups excluding tert-OH is 2. The first-order valence-corrected chi connectivity index (χ1v) is 10.1. The van der Waals surface area contributed by atoms with Gasteiger partial charge < -0.3 is 19.7 Å². The molecule has 1 aromatic rings. The van der Waals surface area contributed by atoms with Crippen molar-refractivity contribution in [1.82, 2.24) is 0 Å². The van der Waals surface area contributed by atoms with Crippen molar-refractivity contribution in [2.45, 2.75) is 70.7 Å². The van der Waals surface area contributed by atoms with Gasteiger partial charge in [-0.15, -0.1) is 0 Å². The minimum atomic E-state index is -1.05. The summed E-state index contributed by atoms with van der Waals surface area (Å²) in [6.45, 7) is 4.78. The molecular weight excluding hydrogens is 360 g/mol. The van der Waals surface area contributed by atoms with Gasteiger partial charge >= 0.3 is 11.9 Å². The number of carbonyl (C=O) groups is 2. The van der Waals surface area contributed by atoms with Gasteiger partial charge in [0.1, 0.15) is 18.0 Å². The summed E-state index contributed by atoms with van der Waals surface area (Å²) in [5, 5.41) is 21.5. The van der Waals surface area contributed by atoms with E-state index in [-0.39, 0.29) is 23.7 Å². The fourth-order valence-corrected chi connectivity index (χ4v) is 6.21. The van der Waals surface area contributed by atoms with Crippen molar-refractivity contribution in [3.05, 3.63) is 29.3 Å². The highest BCUT2D eigenvalue weighted by Gasteiger charge is 2.64. The number of benzene rings is 1. The van der Waals surface area contributed by atoms with Crippen molar-refractivity contribution in [3.8, 4) is 5.75 Å². The summed E-state index contributed by atoms with van der Waals surface area (Å²) in [6, 6.07) is 5.81. The third kappa shape index (κ3) is 2.94. The Bertz CT molecular complexity index is 804. The highest BCUT2D eigenvalue weighted by Crippen LogP contribution is 2.61. The fraction of sp³-hybridized carbons (Fsp3) is 0.636. The van der Waals surface area contributed by atoms with E-state index in [0.29, 0.717) is 5.75 Å². The van der Waals surface area contributed by atoms with Crippen LogP contribution < -0.4 is 4.74 Å². The van der Waals surface area contributed by atoms with Crippen molar-refractivity contribution in [2.75, 3.05) is 0 Å². The van der Waals surface area contributed by atoms with Crippen LogP contribution in [-0.4, -0.2) is 40.5 Å². The Labute approximate surface area is 164 Å². The van der Waals surface area contributed by atoms with Crippen molar-refractivity contribution in [3.63, 3.8) is 0 Å². The molecule has 0 saturated heterocycles. The van der Waals surface area contributed by atoms with Crippen molar-refractivity contribution < 1.29 is 29.3 Å². The van der Waals surface area contributed by atoms with Gasteiger partial charge in [-0.3, -0.25) is 9.59 Å². The van der Waals surface area contributed by atoms with E-state index in [0.717, 1.165) is 25.7 Å². The van der Waals surface area contributed by atoms with Crippen LogP contribution in [-0.2, 0) is 20.7 Å². The zero-order valence-electron chi connectivity index (χ0n) is 16.6. The van der Waals surface area contributed by atoms with E-state index in [2.05, 4.69) is 0 Å². The smallest absolute Gasteiger partial charge is 0.308 e. The summed E-state index contributed by atoms with van der Waals surface area (Å²) in [5.74, 6) is 0.194. The molecule has 1 aromatic carbocycles. The molecule has 2 saturated carbocycles. The van der Waals surface area contributed by atoms with Crippen LogP contribution in [0.15, 0.2) is 18.2 Å². The molecule has 2 N–H and O–H groups in total. The molecule has 3 aliphatic carbocycles. The quantitative estimate of drug-likeness (QED) is 0.597. The van der Waals surface area contributed by atoms with Crippen molar-refractivity contribution in [2.24, 2.45) is 17.3 Å². The van der Waals surface area contributed by atoms with Gasteiger partial charge in [0, 0.05) is 19.3 Å². The van der Waals surface area contributed by atoms with E-state index in [1.807, 2.05) is 25.1 Å². The molecule has 6 heteroatoms. The predicted octanol–water partition coefficient (Wildman–Crippen LogP) is 2.34. The van der Waals surface area contributed by atoms with Crippen LogP contribution in [0.25, 0.3) is 0 Å². The summed E-state index contributed by atoms with van der Waals surface area (Å²) in [5.41, 5.74) is 2.00. The number of rotatable bonds is 2. The van der Waals surface area contributed by atoms with E-state index in [1.54, 1.807) is 0 Å².